The van der Waals surface area contributed by atoms with Gasteiger partial charge >= 0.3 is 0 Å². The Labute approximate surface area is 140 Å². The molecule has 1 amide bonds. The predicted octanol–water partition coefficient (Wildman–Crippen LogP) is 4.13. The van der Waals surface area contributed by atoms with Gasteiger partial charge in [-0.05, 0) is 17.5 Å². The molecule has 1 fully saturated rings. The van der Waals surface area contributed by atoms with Crippen molar-refractivity contribution in [2.24, 2.45) is 5.92 Å². The molecule has 22 heavy (non-hydrogen) atoms. The van der Waals surface area contributed by atoms with Gasteiger partial charge < -0.3 is 5.32 Å². The minimum atomic E-state index is -0.876. The van der Waals surface area contributed by atoms with Crippen molar-refractivity contribution in [2.45, 2.75) is 16.7 Å². The maximum Gasteiger partial charge on any atom is 0.226 e. The lowest BCUT2D eigenvalue weighted by Gasteiger charge is -2.19. The van der Waals surface area contributed by atoms with E-state index >= 15 is 0 Å². The van der Waals surface area contributed by atoms with Crippen molar-refractivity contribution in [3.8, 4) is 0 Å². The van der Waals surface area contributed by atoms with Crippen molar-refractivity contribution in [3.05, 3.63) is 71.8 Å². The van der Waals surface area contributed by atoms with E-state index in [0.717, 1.165) is 0 Å². The molecule has 1 aliphatic rings. The van der Waals surface area contributed by atoms with Crippen LogP contribution in [0.4, 0.5) is 0 Å². The highest BCUT2D eigenvalue weighted by atomic mass is 35.5. The second-order valence-corrected chi connectivity index (χ2v) is 7.18. The molecule has 0 radical (unpaired) electrons. The van der Waals surface area contributed by atoms with E-state index in [1.165, 1.54) is 11.1 Å². The summed E-state index contributed by atoms with van der Waals surface area (Å²) in [7, 11) is 0. The average molecular weight is 334 g/mol. The van der Waals surface area contributed by atoms with Gasteiger partial charge in [0.2, 0.25) is 5.91 Å². The van der Waals surface area contributed by atoms with Gasteiger partial charge in [-0.3, -0.25) is 4.79 Å². The molecular weight excluding hydrogens is 317 g/mol. The van der Waals surface area contributed by atoms with Crippen LogP contribution in [0.1, 0.15) is 23.5 Å². The molecule has 0 saturated heterocycles. The molecule has 0 spiro atoms. The number of hydrogen-bond acceptors (Lipinski definition) is 1. The number of rotatable bonds is 5. The summed E-state index contributed by atoms with van der Waals surface area (Å²) in [5, 5.41) is 2.99. The van der Waals surface area contributed by atoms with Crippen molar-refractivity contribution in [1.82, 2.24) is 5.32 Å². The van der Waals surface area contributed by atoms with Gasteiger partial charge in [0.05, 0.1) is 5.92 Å². The highest BCUT2D eigenvalue weighted by molar-refractivity contribution is 6.52. The van der Waals surface area contributed by atoms with Crippen LogP contribution in [0.3, 0.4) is 0 Å². The van der Waals surface area contributed by atoms with Gasteiger partial charge in [-0.2, -0.15) is 0 Å². The molecule has 4 heteroatoms. The maximum atomic E-state index is 12.1. The van der Waals surface area contributed by atoms with Crippen molar-refractivity contribution in [3.63, 3.8) is 0 Å². The van der Waals surface area contributed by atoms with Gasteiger partial charge in [0, 0.05) is 12.5 Å². The molecule has 3 rings (SSSR count). The standard InChI is InChI=1S/C18H17Cl2NO/c19-18(20)11-16(18)17(22)21-12-15(13-7-3-1-4-8-13)14-9-5-2-6-10-14/h1-10,15-16H,11-12H2,(H,21,22). The third kappa shape index (κ3) is 3.45. The third-order valence-corrected chi connectivity index (χ3v) is 4.86. The number of carbonyl (C=O) groups excluding carboxylic acids is 1. The minimum absolute atomic E-state index is 0.0677. The van der Waals surface area contributed by atoms with E-state index in [1.54, 1.807) is 0 Å². The SMILES string of the molecule is O=C(NCC(c1ccccc1)c1ccccc1)C1CC1(Cl)Cl. The number of carbonyl (C=O) groups is 1. The van der Waals surface area contributed by atoms with E-state index in [2.05, 4.69) is 29.6 Å². The fourth-order valence-corrected chi connectivity index (χ4v) is 3.13. The second-order valence-electron chi connectivity index (χ2n) is 5.64. The quantitative estimate of drug-likeness (QED) is 0.819. The Hall–Kier alpha value is -1.51. The first-order valence-corrected chi connectivity index (χ1v) is 8.09. The van der Waals surface area contributed by atoms with E-state index in [1.807, 2.05) is 36.4 Å². The Morgan fingerprint density at radius 1 is 1.05 bits per heavy atom. The van der Waals surface area contributed by atoms with E-state index in [0.29, 0.717) is 13.0 Å². The van der Waals surface area contributed by atoms with Crippen molar-refractivity contribution in [1.29, 1.82) is 0 Å². The molecule has 0 bridgehead atoms. The molecule has 114 valence electrons. The van der Waals surface area contributed by atoms with E-state index in [4.69, 9.17) is 23.2 Å². The Kier molecular flexibility index (Phi) is 4.42. The first kappa shape index (κ1) is 15.4. The Morgan fingerprint density at radius 3 is 1.91 bits per heavy atom. The fourth-order valence-electron chi connectivity index (χ4n) is 2.62. The summed E-state index contributed by atoms with van der Waals surface area (Å²) in [5.41, 5.74) is 2.35. The summed E-state index contributed by atoms with van der Waals surface area (Å²) in [4.78, 5) is 12.1. The van der Waals surface area contributed by atoms with Crippen LogP contribution in [0.2, 0.25) is 0 Å². The molecule has 0 heterocycles. The monoisotopic (exact) mass is 333 g/mol. The predicted molar refractivity (Wildman–Crippen MR) is 90.3 cm³/mol. The lowest BCUT2D eigenvalue weighted by molar-refractivity contribution is -0.122. The number of hydrogen-bond donors (Lipinski definition) is 1. The molecule has 2 nitrogen and oxygen atoms in total. The van der Waals surface area contributed by atoms with Crippen LogP contribution < -0.4 is 5.32 Å². The van der Waals surface area contributed by atoms with Gasteiger partial charge in [0.25, 0.3) is 0 Å². The molecular formula is C18H17Cl2NO. The summed E-state index contributed by atoms with van der Waals surface area (Å²) in [6.45, 7) is 0.535. The molecule has 1 unspecified atom stereocenters. The first-order chi connectivity index (χ1) is 10.6. The zero-order valence-electron chi connectivity index (χ0n) is 12.0. The Balaban J connectivity index is 1.74. The maximum absolute atomic E-state index is 12.1. The van der Waals surface area contributed by atoms with Crippen LogP contribution in [0.15, 0.2) is 60.7 Å². The lowest BCUT2D eigenvalue weighted by Crippen LogP contribution is -2.31. The molecule has 2 aromatic rings. The highest BCUT2D eigenvalue weighted by Crippen LogP contribution is 2.53. The summed E-state index contributed by atoms with van der Waals surface area (Å²) >= 11 is 11.9. The van der Waals surface area contributed by atoms with Crippen LogP contribution in [0.5, 0.6) is 0 Å². The van der Waals surface area contributed by atoms with Crippen LogP contribution in [-0.4, -0.2) is 16.8 Å². The summed E-state index contributed by atoms with van der Waals surface area (Å²) in [5.74, 6) is -0.241. The summed E-state index contributed by atoms with van der Waals surface area (Å²) < 4.78 is -0.876. The van der Waals surface area contributed by atoms with E-state index in [-0.39, 0.29) is 17.7 Å². The number of amides is 1. The third-order valence-electron chi connectivity index (χ3n) is 4.03. The van der Waals surface area contributed by atoms with Gasteiger partial charge in [-0.1, -0.05) is 60.7 Å². The molecule has 1 N–H and O–H groups in total. The first-order valence-electron chi connectivity index (χ1n) is 7.33. The minimum Gasteiger partial charge on any atom is -0.355 e. The zero-order chi connectivity index (χ0) is 15.6. The largest absolute Gasteiger partial charge is 0.355 e. The zero-order valence-corrected chi connectivity index (χ0v) is 13.5. The topological polar surface area (TPSA) is 29.1 Å². The smallest absolute Gasteiger partial charge is 0.226 e. The Morgan fingerprint density at radius 2 is 1.50 bits per heavy atom. The van der Waals surface area contributed by atoms with Crippen LogP contribution in [0, 0.1) is 5.92 Å². The average Bonchev–Trinajstić information content (AvgIpc) is 3.18. The lowest BCUT2D eigenvalue weighted by atomic mass is 9.91. The van der Waals surface area contributed by atoms with Gasteiger partial charge in [-0.15, -0.1) is 23.2 Å². The Bertz CT molecular complexity index is 603. The van der Waals surface area contributed by atoms with Gasteiger partial charge in [0.15, 0.2) is 0 Å². The normalized spacial score (nSPS) is 19.0. The van der Waals surface area contributed by atoms with Crippen LogP contribution in [-0.2, 0) is 4.79 Å². The van der Waals surface area contributed by atoms with Crippen molar-refractivity contribution in [2.75, 3.05) is 6.54 Å². The number of alkyl halides is 2. The molecule has 1 aliphatic carbocycles. The van der Waals surface area contributed by atoms with Crippen LogP contribution >= 0.6 is 23.2 Å². The number of benzene rings is 2. The van der Waals surface area contributed by atoms with E-state index < -0.39 is 4.33 Å². The molecule has 1 saturated carbocycles. The van der Waals surface area contributed by atoms with Crippen molar-refractivity contribution >= 4 is 29.1 Å². The molecule has 0 aliphatic heterocycles. The van der Waals surface area contributed by atoms with Crippen LogP contribution in [0.25, 0.3) is 0 Å². The summed E-state index contributed by atoms with van der Waals surface area (Å²) in [6.07, 6.45) is 0.531. The fraction of sp³-hybridized carbons (Fsp3) is 0.278. The number of halogens is 2. The highest BCUT2D eigenvalue weighted by Gasteiger charge is 2.56. The summed E-state index contributed by atoms with van der Waals surface area (Å²) in [6, 6.07) is 20.3. The number of nitrogens with one attached hydrogen (secondary N) is 1. The molecule has 0 aromatic heterocycles. The van der Waals surface area contributed by atoms with Gasteiger partial charge in [0.1, 0.15) is 4.33 Å². The molecule has 2 aromatic carbocycles. The second kappa shape index (κ2) is 6.31. The van der Waals surface area contributed by atoms with E-state index in [9.17, 15) is 4.79 Å². The van der Waals surface area contributed by atoms with Crippen molar-refractivity contribution < 1.29 is 4.79 Å². The molecule has 1 atom stereocenters. The van der Waals surface area contributed by atoms with Gasteiger partial charge in [-0.25, -0.2) is 0 Å².